The lowest BCUT2D eigenvalue weighted by molar-refractivity contribution is -0.870. The summed E-state index contributed by atoms with van der Waals surface area (Å²) in [5, 5.41) is 14.0. The molecule has 0 fully saturated rings. The van der Waals surface area contributed by atoms with Gasteiger partial charge in [-0.1, -0.05) is 251 Å². The predicted molar refractivity (Wildman–Crippen MR) is 272 cm³/mol. The molecule has 0 spiro atoms. The molecule has 0 saturated heterocycles. The van der Waals surface area contributed by atoms with Gasteiger partial charge >= 0.3 is 7.82 Å². The van der Waals surface area contributed by atoms with E-state index in [1.807, 2.05) is 21.1 Å². The molecule has 0 aromatic carbocycles. The summed E-state index contributed by atoms with van der Waals surface area (Å²) in [4.78, 5) is 23.1. The van der Waals surface area contributed by atoms with Crippen LogP contribution in [0.3, 0.4) is 0 Å². The van der Waals surface area contributed by atoms with Crippen molar-refractivity contribution in [2.24, 2.45) is 0 Å². The summed E-state index contributed by atoms with van der Waals surface area (Å²) < 4.78 is 23.7. The van der Waals surface area contributed by atoms with E-state index >= 15 is 0 Å². The Morgan fingerprint density at radius 2 is 0.889 bits per heavy atom. The lowest BCUT2D eigenvalue weighted by atomic mass is 10.0. The van der Waals surface area contributed by atoms with Crippen molar-refractivity contribution < 1.29 is 32.9 Å². The van der Waals surface area contributed by atoms with Crippen LogP contribution in [0.2, 0.25) is 0 Å². The molecule has 0 aliphatic rings. The molecule has 0 aromatic heterocycles. The number of aliphatic hydroxyl groups excluding tert-OH is 1. The molecule has 0 radical (unpaired) electrons. The SMILES string of the molecule is CCC/C=C\CCCCCCCC(=O)NC(COP(=O)(O)OCC[N+](C)(C)C)C(O)CCCCCCCCCCCCCCCCCCCCCCCCCCCCCCCCC. The minimum Gasteiger partial charge on any atom is -0.391 e. The van der Waals surface area contributed by atoms with Gasteiger partial charge in [0, 0.05) is 6.42 Å². The molecule has 3 unspecified atom stereocenters. The number of phosphoric ester groups is 1. The molecule has 0 aliphatic carbocycles. The summed E-state index contributed by atoms with van der Waals surface area (Å²) >= 11 is 0. The number of amides is 1. The topological polar surface area (TPSA) is 105 Å². The Labute approximate surface area is 392 Å². The van der Waals surface area contributed by atoms with E-state index in [1.165, 1.54) is 193 Å². The van der Waals surface area contributed by atoms with Crippen LogP contribution in [-0.2, 0) is 18.4 Å². The Kier molecular flexibility index (Phi) is 45.8. The molecule has 0 saturated carbocycles. The van der Waals surface area contributed by atoms with Gasteiger partial charge < -0.3 is 19.8 Å². The summed E-state index contributed by atoms with van der Waals surface area (Å²) in [5.41, 5.74) is 0. The summed E-state index contributed by atoms with van der Waals surface area (Å²) in [7, 11) is 1.62. The fraction of sp³-hybridized carbons (Fsp3) is 0.944. The number of hydrogen-bond acceptors (Lipinski definition) is 5. The van der Waals surface area contributed by atoms with E-state index in [4.69, 9.17) is 9.05 Å². The third-order valence-electron chi connectivity index (χ3n) is 12.7. The van der Waals surface area contributed by atoms with Crippen LogP contribution in [0.25, 0.3) is 0 Å². The zero-order valence-electron chi connectivity index (χ0n) is 42.8. The van der Waals surface area contributed by atoms with Crippen LogP contribution in [-0.4, -0.2) is 73.4 Å². The summed E-state index contributed by atoms with van der Waals surface area (Å²) in [5.74, 6) is -0.153. The monoisotopic (exact) mass is 914 g/mol. The highest BCUT2D eigenvalue weighted by Crippen LogP contribution is 2.43. The molecule has 1 amide bonds. The van der Waals surface area contributed by atoms with E-state index in [9.17, 15) is 19.4 Å². The molecule has 8 nitrogen and oxygen atoms in total. The van der Waals surface area contributed by atoms with Gasteiger partial charge in [0.15, 0.2) is 0 Å². The smallest absolute Gasteiger partial charge is 0.391 e. The van der Waals surface area contributed by atoms with E-state index in [1.54, 1.807) is 0 Å². The first-order valence-electron chi connectivity index (χ1n) is 27.6. The Morgan fingerprint density at radius 3 is 1.29 bits per heavy atom. The quantitative estimate of drug-likeness (QED) is 0.0243. The van der Waals surface area contributed by atoms with Gasteiger partial charge in [-0.2, -0.15) is 0 Å². The third kappa shape index (κ3) is 49.0. The van der Waals surface area contributed by atoms with Gasteiger partial charge in [-0.25, -0.2) is 4.57 Å². The number of nitrogens with zero attached hydrogens (tertiary/aromatic N) is 1. The summed E-state index contributed by atoms with van der Waals surface area (Å²) in [6.45, 7) is 4.84. The number of nitrogens with one attached hydrogen (secondary N) is 1. The number of rotatable bonds is 51. The standard InChI is InChI=1S/C54H109N2O6P/c1-6-8-10-12-14-16-18-19-20-21-22-23-24-25-26-27-28-29-30-31-32-33-34-35-36-37-38-39-41-43-45-47-53(57)52(51-62-63(59,60)61-50-49-56(3,4)5)55-54(58)48-46-44-42-40-17-15-13-11-9-7-2/h11,13,52-53,57H,6-10,12,14-51H2,1-5H3,(H-,55,58,59,60)/p+1/b13-11-. The van der Waals surface area contributed by atoms with Crippen LogP contribution < -0.4 is 5.32 Å². The van der Waals surface area contributed by atoms with Gasteiger partial charge in [0.05, 0.1) is 39.9 Å². The average molecular weight is 914 g/mol. The number of carbonyl (C=O) groups excluding carboxylic acids is 1. The highest BCUT2D eigenvalue weighted by atomic mass is 31.2. The molecule has 0 rings (SSSR count). The number of likely N-dealkylation sites (N-methyl/N-ethyl adjacent to an activating group) is 1. The van der Waals surface area contributed by atoms with Crippen LogP contribution in [0.4, 0.5) is 0 Å². The van der Waals surface area contributed by atoms with Crippen LogP contribution in [0, 0.1) is 0 Å². The van der Waals surface area contributed by atoms with Crippen molar-refractivity contribution >= 4 is 13.7 Å². The van der Waals surface area contributed by atoms with Crippen molar-refractivity contribution in [1.82, 2.24) is 5.32 Å². The summed E-state index contributed by atoms with van der Waals surface area (Å²) in [6, 6.07) is -0.761. The fourth-order valence-corrected chi connectivity index (χ4v) is 9.14. The second-order valence-electron chi connectivity index (χ2n) is 20.3. The van der Waals surface area contributed by atoms with Crippen LogP contribution in [0.1, 0.15) is 277 Å². The van der Waals surface area contributed by atoms with Gasteiger partial charge in [0.1, 0.15) is 13.2 Å². The molecule has 376 valence electrons. The van der Waals surface area contributed by atoms with Crippen molar-refractivity contribution in [3.63, 3.8) is 0 Å². The Hall–Kier alpha value is -0.760. The normalized spacial score (nSPS) is 14.1. The number of unbranched alkanes of at least 4 members (excludes halogenated alkanes) is 36. The number of allylic oxidation sites excluding steroid dienone is 2. The van der Waals surface area contributed by atoms with Crippen molar-refractivity contribution in [3.05, 3.63) is 12.2 Å². The van der Waals surface area contributed by atoms with Gasteiger partial charge in [-0.3, -0.25) is 13.8 Å². The molecule has 63 heavy (non-hydrogen) atoms. The molecular weight excluding hydrogens is 804 g/mol. The second-order valence-corrected chi connectivity index (χ2v) is 21.8. The Morgan fingerprint density at radius 1 is 0.524 bits per heavy atom. The van der Waals surface area contributed by atoms with Gasteiger partial charge in [-0.05, 0) is 32.1 Å². The molecule has 0 aliphatic heterocycles. The molecule has 3 N–H and O–H groups in total. The number of carbonyl (C=O) groups is 1. The second kappa shape index (κ2) is 46.4. The van der Waals surface area contributed by atoms with E-state index in [-0.39, 0.29) is 19.1 Å². The van der Waals surface area contributed by atoms with Crippen LogP contribution >= 0.6 is 7.82 Å². The molecule has 3 atom stereocenters. The molecule has 0 heterocycles. The predicted octanol–water partition coefficient (Wildman–Crippen LogP) is 16.3. The minimum absolute atomic E-state index is 0.0750. The van der Waals surface area contributed by atoms with Crippen molar-refractivity contribution in [2.45, 2.75) is 289 Å². The highest BCUT2D eigenvalue weighted by Gasteiger charge is 2.28. The van der Waals surface area contributed by atoms with Gasteiger partial charge in [-0.15, -0.1) is 0 Å². The number of hydrogen-bond donors (Lipinski definition) is 3. The Balaban J connectivity index is 3.94. The first-order chi connectivity index (χ1) is 30.5. The highest BCUT2D eigenvalue weighted by molar-refractivity contribution is 7.47. The maximum absolute atomic E-state index is 12.9. The van der Waals surface area contributed by atoms with Gasteiger partial charge in [0.25, 0.3) is 0 Å². The van der Waals surface area contributed by atoms with E-state index in [0.29, 0.717) is 23.9 Å². The van der Waals surface area contributed by atoms with Crippen molar-refractivity contribution in [2.75, 3.05) is 40.9 Å². The van der Waals surface area contributed by atoms with Crippen LogP contribution in [0.15, 0.2) is 12.2 Å². The summed E-state index contributed by atoms with van der Waals surface area (Å²) in [6.07, 6.45) is 55.8. The number of quaternary nitrogens is 1. The Bertz CT molecular complexity index is 1040. The van der Waals surface area contributed by atoms with Crippen molar-refractivity contribution in [1.29, 1.82) is 0 Å². The van der Waals surface area contributed by atoms with Crippen LogP contribution in [0.5, 0.6) is 0 Å². The van der Waals surface area contributed by atoms with Gasteiger partial charge in [0.2, 0.25) is 5.91 Å². The lowest BCUT2D eigenvalue weighted by Gasteiger charge is -2.26. The minimum atomic E-state index is -4.31. The van der Waals surface area contributed by atoms with E-state index in [0.717, 1.165) is 57.8 Å². The van der Waals surface area contributed by atoms with E-state index < -0.39 is 20.0 Å². The molecule has 9 heteroatoms. The molecular formula is C54H110N2O6P+. The lowest BCUT2D eigenvalue weighted by Crippen LogP contribution is -2.46. The fourth-order valence-electron chi connectivity index (χ4n) is 8.40. The number of phosphoric acid groups is 1. The number of aliphatic hydroxyl groups is 1. The molecule has 0 aromatic rings. The van der Waals surface area contributed by atoms with Crippen molar-refractivity contribution in [3.8, 4) is 0 Å². The third-order valence-corrected chi connectivity index (χ3v) is 13.7. The average Bonchev–Trinajstić information content (AvgIpc) is 3.24. The first kappa shape index (κ1) is 62.2. The maximum Gasteiger partial charge on any atom is 0.472 e. The zero-order valence-corrected chi connectivity index (χ0v) is 43.7. The molecule has 0 bridgehead atoms. The van der Waals surface area contributed by atoms with E-state index in [2.05, 4.69) is 31.3 Å². The maximum atomic E-state index is 12.9. The zero-order chi connectivity index (χ0) is 46.4. The first-order valence-corrected chi connectivity index (χ1v) is 29.0. The largest absolute Gasteiger partial charge is 0.472 e.